The minimum absolute atomic E-state index is 0.350. The average molecular weight is 249 g/mol. The number of thiophene rings is 1. The number of benzene rings is 1. The fourth-order valence-electron chi connectivity index (χ4n) is 1.49. The fourth-order valence-corrected chi connectivity index (χ4v) is 2.43. The molecule has 2 aromatic rings. The summed E-state index contributed by atoms with van der Waals surface area (Å²) in [7, 11) is 0. The highest BCUT2D eigenvalue weighted by Crippen LogP contribution is 2.25. The van der Waals surface area contributed by atoms with E-state index in [1.807, 2.05) is 24.3 Å². The summed E-state index contributed by atoms with van der Waals surface area (Å²) < 4.78 is 1.01. The van der Waals surface area contributed by atoms with Crippen LogP contribution >= 0.6 is 11.3 Å². The predicted molar refractivity (Wildman–Crippen MR) is 66.4 cm³/mol. The zero-order chi connectivity index (χ0) is 12.4. The first kappa shape index (κ1) is 11.6. The van der Waals surface area contributed by atoms with Crippen LogP contribution in [0.4, 0.5) is 0 Å². The van der Waals surface area contributed by atoms with Gasteiger partial charge in [-0.25, -0.2) is 0 Å². The van der Waals surface area contributed by atoms with Crippen molar-refractivity contribution < 1.29 is 14.7 Å². The molecule has 0 aliphatic carbocycles. The Balaban J connectivity index is 2.28. The maximum Gasteiger partial charge on any atom is 0.325 e. The number of hydrogen-bond donors (Lipinski definition) is 2. The molecule has 2 rings (SSSR count). The molecule has 0 fully saturated rings. The third-order valence-corrected chi connectivity index (χ3v) is 3.41. The highest BCUT2D eigenvalue weighted by atomic mass is 32.1. The van der Waals surface area contributed by atoms with E-state index in [1.54, 1.807) is 5.38 Å². The molecule has 0 spiro atoms. The van der Waals surface area contributed by atoms with E-state index in [1.165, 1.54) is 18.3 Å². The quantitative estimate of drug-likeness (QED) is 0.875. The molecule has 2 N–H and O–H groups in total. The Morgan fingerprint density at radius 1 is 1.35 bits per heavy atom. The number of aliphatic carboxylic acids is 1. The van der Waals surface area contributed by atoms with E-state index in [2.05, 4.69) is 5.32 Å². The summed E-state index contributed by atoms with van der Waals surface area (Å²) in [5.41, 5.74) is 0.527. The number of nitrogens with one attached hydrogen (secondary N) is 1. The number of carboxylic acids is 1. The molecule has 0 radical (unpaired) electrons. The zero-order valence-electron chi connectivity index (χ0n) is 9.14. The second kappa shape index (κ2) is 4.55. The van der Waals surface area contributed by atoms with Gasteiger partial charge in [0.25, 0.3) is 5.91 Å². The molecular weight excluding hydrogens is 238 g/mol. The monoisotopic (exact) mass is 249 g/mol. The van der Waals surface area contributed by atoms with Gasteiger partial charge in [0.05, 0.1) is 5.56 Å². The lowest BCUT2D eigenvalue weighted by atomic mass is 10.1. The number of amides is 1. The lowest BCUT2D eigenvalue weighted by molar-refractivity contribution is -0.138. The number of fused-ring (bicyclic) bond motifs is 1. The van der Waals surface area contributed by atoms with Crippen LogP contribution < -0.4 is 5.32 Å². The molecule has 1 atom stereocenters. The Kier molecular flexibility index (Phi) is 3.10. The molecule has 17 heavy (non-hydrogen) atoms. The van der Waals surface area contributed by atoms with Crippen molar-refractivity contribution in [1.82, 2.24) is 5.32 Å². The minimum atomic E-state index is -1.04. The van der Waals surface area contributed by atoms with E-state index in [-0.39, 0.29) is 5.91 Å². The molecule has 0 bridgehead atoms. The predicted octanol–water partition coefficient (Wildman–Crippen LogP) is 2.10. The topological polar surface area (TPSA) is 66.4 Å². The van der Waals surface area contributed by atoms with Crippen molar-refractivity contribution >= 4 is 33.3 Å². The second-order valence-corrected chi connectivity index (χ2v) is 4.59. The van der Waals surface area contributed by atoms with E-state index in [0.717, 1.165) is 10.1 Å². The summed E-state index contributed by atoms with van der Waals surface area (Å²) in [4.78, 5) is 22.5. The molecule has 5 heteroatoms. The number of hydrogen-bond acceptors (Lipinski definition) is 3. The Morgan fingerprint density at radius 3 is 2.76 bits per heavy atom. The average Bonchev–Trinajstić information content (AvgIpc) is 2.72. The Hall–Kier alpha value is -1.88. The number of rotatable bonds is 3. The van der Waals surface area contributed by atoms with Crippen LogP contribution in [-0.4, -0.2) is 23.0 Å². The van der Waals surface area contributed by atoms with Crippen molar-refractivity contribution in [1.29, 1.82) is 0 Å². The maximum absolute atomic E-state index is 11.9. The van der Waals surface area contributed by atoms with Crippen molar-refractivity contribution in [3.8, 4) is 0 Å². The Morgan fingerprint density at radius 2 is 2.06 bits per heavy atom. The van der Waals surface area contributed by atoms with Crippen LogP contribution in [0.15, 0.2) is 29.6 Å². The van der Waals surface area contributed by atoms with Gasteiger partial charge in [-0.3, -0.25) is 9.59 Å². The third kappa shape index (κ3) is 2.29. The summed E-state index contributed by atoms with van der Waals surface area (Å²) in [6, 6.07) is 6.65. The summed E-state index contributed by atoms with van der Waals surface area (Å²) >= 11 is 1.47. The van der Waals surface area contributed by atoms with Crippen LogP contribution in [0.25, 0.3) is 10.1 Å². The summed E-state index contributed by atoms with van der Waals surface area (Å²) in [6.45, 7) is 1.44. The van der Waals surface area contributed by atoms with Crippen molar-refractivity contribution in [2.24, 2.45) is 0 Å². The van der Waals surface area contributed by atoms with Crippen molar-refractivity contribution in [3.63, 3.8) is 0 Å². The van der Waals surface area contributed by atoms with Crippen molar-refractivity contribution in [2.45, 2.75) is 13.0 Å². The van der Waals surface area contributed by atoms with E-state index >= 15 is 0 Å². The molecule has 88 valence electrons. The van der Waals surface area contributed by atoms with Gasteiger partial charge in [0.15, 0.2) is 0 Å². The first-order valence-corrected chi connectivity index (χ1v) is 5.97. The van der Waals surface area contributed by atoms with Gasteiger partial charge < -0.3 is 10.4 Å². The van der Waals surface area contributed by atoms with E-state index < -0.39 is 12.0 Å². The molecule has 1 aromatic heterocycles. The number of carbonyl (C=O) groups excluding carboxylic acids is 1. The van der Waals surface area contributed by atoms with Gasteiger partial charge in [-0.2, -0.15) is 0 Å². The molecule has 4 nitrogen and oxygen atoms in total. The molecule has 1 unspecified atom stereocenters. The van der Waals surface area contributed by atoms with Gasteiger partial charge in [0, 0.05) is 15.5 Å². The van der Waals surface area contributed by atoms with Crippen LogP contribution in [-0.2, 0) is 4.79 Å². The molecule has 0 aliphatic heterocycles. The normalized spacial score (nSPS) is 12.3. The highest BCUT2D eigenvalue weighted by Gasteiger charge is 2.17. The summed E-state index contributed by atoms with van der Waals surface area (Å²) in [5, 5.41) is 13.8. The van der Waals surface area contributed by atoms with Gasteiger partial charge >= 0.3 is 5.97 Å². The van der Waals surface area contributed by atoms with Gasteiger partial charge in [0.2, 0.25) is 0 Å². The lowest BCUT2D eigenvalue weighted by Gasteiger charge is -2.08. The summed E-state index contributed by atoms with van der Waals surface area (Å²) in [6.07, 6.45) is 0. The first-order valence-electron chi connectivity index (χ1n) is 5.09. The standard InChI is InChI=1S/C12H11NO3S/c1-7(12(15)16)13-11(14)9-6-17-10-5-3-2-4-8(9)10/h2-7H,1H3,(H,13,14)(H,15,16). The molecule has 1 amide bonds. The fraction of sp³-hybridized carbons (Fsp3) is 0.167. The SMILES string of the molecule is CC(NC(=O)c1csc2ccccc12)C(=O)O. The van der Waals surface area contributed by atoms with Crippen molar-refractivity contribution in [2.75, 3.05) is 0 Å². The van der Waals surface area contributed by atoms with Crippen LogP contribution in [0, 0.1) is 0 Å². The largest absolute Gasteiger partial charge is 0.480 e. The molecule has 1 aromatic carbocycles. The minimum Gasteiger partial charge on any atom is -0.480 e. The molecule has 0 saturated heterocycles. The van der Waals surface area contributed by atoms with E-state index in [4.69, 9.17) is 5.11 Å². The van der Waals surface area contributed by atoms with Gasteiger partial charge in [-0.05, 0) is 13.0 Å². The summed E-state index contributed by atoms with van der Waals surface area (Å²) in [5.74, 6) is -1.39. The molecule has 1 heterocycles. The second-order valence-electron chi connectivity index (χ2n) is 3.68. The first-order chi connectivity index (χ1) is 8.09. The van der Waals surface area contributed by atoms with Crippen LogP contribution in [0.2, 0.25) is 0 Å². The Bertz CT molecular complexity index is 576. The lowest BCUT2D eigenvalue weighted by Crippen LogP contribution is -2.38. The molecule has 0 saturated carbocycles. The smallest absolute Gasteiger partial charge is 0.325 e. The third-order valence-electron chi connectivity index (χ3n) is 2.44. The highest BCUT2D eigenvalue weighted by molar-refractivity contribution is 7.17. The van der Waals surface area contributed by atoms with Gasteiger partial charge in [0.1, 0.15) is 6.04 Å². The molecule has 0 aliphatic rings. The van der Waals surface area contributed by atoms with Gasteiger partial charge in [-0.1, -0.05) is 18.2 Å². The van der Waals surface area contributed by atoms with Crippen LogP contribution in [0.5, 0.6) is 0 Å². The number of carbonyl (C=O) groups is 2. The molecular formula is C12H11NO3S. The van der Waals surface area contributed by atoms with Crippen LogP contribution in [0.3, 0.4) is 0 Å². The van der Waals surface area contributed by atoms with Crippen LogP contribution in [0.1, 0.15) is 17.3 Å². The van der Waals surface area contributed by atoms with Gasteiger partial charge in [-0.15, -0.1) is 11.3 Å². The zero-order valence-corrected chi connectivity index (χ0v) is 9.95. The van der Waals surface area contributed by atoms with E-state index in [9.17, 15) is 9.59 Å². The van der Waals surface area contributed by atoms with Crippen molar-refractivity contribution in [3.05, 3.63) is 35.2 Å². The maximum atomic E-state index is 11.9. The number of carboxylic acid groups (broad SMARTS) is 1. The van der Waals surface area contributed by atoms with E-state index in [0.29, 0.717) is 5.56 Å². The Labute approximate surface area is 102 Å².